The predicted octanol–water partition coefficient (Wildman–Crippen LogP) is 1.52. The van der Waals surface area contributed by atoms with E-state index in [-0.39, 0.29) is 23.1 Å². The van der Waals surface area contributed by atoms with Crippen LogP contribution in [-0.4, -0.2) is 46.0 Å². The molecule has 0 amide bonds. The maximum Gasteiger partial charge on any atom is 2.00 e. The second-order valence-electron chi connectivity index (χ2n) is 5.44. The van der Waals surface area contributed by atoms with Gasteiger partial charge in [0.25, 0.3) is 0 Å². The zero-order valence-corrected chi connectivity index (χ0v) is 16.0. The number of rotatable bonds is 15. The van der Waals surface area contributed by atoms with Crippen molar-refractivity contribution in [2.45, 2.75) is 82.8 Å². The molecule has 0 N–H and O–H groups in total. The van der Waals surface area contributed by atoms with Gasteiger partial charge in [-0.25, -0.2) is 0 Å². The Balaban J connectivity index is 0. The first-order chi connectivity index (χ1) is 10.1. The van der Waals surface area contributed by atoms with Crippen LogP contribution >= 0.6 is 11.8 Å². The number of carboxylic acid groups (broad SMARTS) is 2. The third-order valence-electron chi connectivity index (χ3n) is 3.43. The van der Waals surface area contributed by atoms with Crippen LogP contribution in [0.25, 0.3) is 0 Å². The van der Waals surface area contributed by atoms with E-state index in [2.05, 4.69) is 6.92 Å². The fourth-order valence-electron chi connectivity index (χ4n) is 2.18. The minimum Gasteiger partial charge on any atom is -0.550 e. The summed E-state index contributed by atoms with van der Waals surface area (Å²) < 4.78 is 0. The van der Waals surface area contributed by atoms with Gasteiger partial charge in [0.15, 0.2) is 0 Å². The van der Waals surface area contributed by atoms with E-state index in [0.717, 1.165) is 24.6 Å². The Bertz CT molecular complexity index is 287. The molecule has 1 unspecified atom stereocenters. The smallest absolute Gasteiger partial charge is 0.550 e. The van der Waals surface area contributed by atoms with Crippen LogP contribution in [0.2, 0.25) is 0 Å². The first-order valence-electron chi connectivity index (χ1n) is 8.10. The van der Waals surface area contributed by atoms with Crippen molar-refractivity contribution in [1.82, 2.24) is 0 Å². The molecule has 0 aliphatic rings. The molecule has 1 atom stereocenters. The van der Waals surface area contributed by atoms with Gasteiger partial charge in [-0.1, -0.05) is 64.7 Å². The van der Waals surface area contributed by atoms with Gasteiger partial charge in [-0.2, -0.15) is 11.8 Å². The Morgan fingerprint density at radius 1 is 0.864 bits per heavy atom. The molecule has 0 bridgehead atoms. The monoisotopic (exact) mass is 340 g/mol. The SMILES string of the molecule is CCCCCCCCCCCCSC(CC(=O)[O-])C(=O)[O-].[Mg+2]. The first-order valence-corrected chi connectivity index (χ1v) is 9.15. The number of hydrogen-bond donors (Lipinski definition) is 0. The number of hydrogen-bond acceptors (Lipinski definition) is 5. The maximum atomic E-state index is 10.7. The zero-order valence-electron chi connectivity index (χ0n) is 13.8. The van der Waals surface area contributed by atoms with E-state index in [1.165, 1.54) is 51.4 Å². The second kappa shape index (κ2) is 17.4. The molecule has 6 heteroatoms. The van der Waals surface area contributed by atoms with Gasteiger partial charge in [-0.15, -0.1) is 0 Å². The van der Waals surface area contributed by atoms with Gasteiger partial charge in [0, 0.05) is 17.6 Å². The van der Waals surface area contributed by atoms with Gasteiger partial charge in [0.05, 0.1) is 5.97 Å². The molecule has 0 aromatic rings. The van der Waals surface area contributed by atoms with Crippen LogP contribution in [0.5, 0.6) is 0 Å². The fraction of sp³-hybridized carbons (Fsp3) is 0.875. The molecule has 0 aromatic heterocycles. The summed E-state index contributed by atoms with van der Waals surface area (Å²) in [6.45, 7) is 2.22. The molecule has 0 saturated heterocycles. The van der Waals surface area contributed by atoms with Crippen LogP contribution in [0.4, 0.5) is 0 Å². The van der Waals surface area contributed by atoms with Crippen molar-refractivity contribution in [2.75, 3.05) is 5.75 Å². The molecular weight excluding hydrogens is 313 g/mol. The van der Waals surface area contributed by atoms with E-state index < -0.39 is 23.6 Å². The van der Waals surface area contributed by atoms with Gasteiger partial charge in [-0.05, 0) is 12.2 Å². The predicted molar refractivity (Wildman–Crippen MR) is 88.5 cm³/mol. The number of unbranched alkanes of at least 4 members (excludes halogenated alkanes) is 9. The number of aliphatic carboxylic acids is 2. The zero-order chi connectivity index (χ0) is 15.9. The summed E-state index contributed by atoms with van der Waals surface area (Å²) in [5.41, 5.74) is 0. The fourth-order valence-corrected chi connectivity index (χ4v) is 3.22. The van der Waals surface area contributed by atoms with Crippen LogP contribution in [0.15, 0.2) is 0 Å². The minimum atomic E-state index is -1.33. The molecule has 0 aromatic carbocycles. The number of carbonyl (C=O) groups excluding carboxylic acids is 2. The van der Waals surface area contributed by atoms with Crippen molar-refractivity contribution >= 4 is 46.8 Å². The molecular formula is C16H28MgO4S. The summed E-state index contributed by atoms with van der Waals surface area (Å²) >= 11 is 1.15. The minimum absolute atomic E-state index is 0. The molecule has 0 saturated carbocycles. The molecule has 0 spiro atoms. The van der Waals surface area contributed by atoms with Gasteiger partial charge >= 0.3 is 23.1 Å². The van der Waals surface area contributed by atoms with Crippen molar-refractivity contribution in [3.05, 3.63) is 0 Å². The van der Waals surface area contributed by atoms with E-state index in [9.17, 15) is 19.8 Å². The molecule has 0 fully saturated rings. The Morgan fingerprint density at radius 3 is 1.73 bits per heavy atom. The van der Waals surface area contributed by atoms with E-state index >= 15 is 0 Å². The van der Waals surface area contributed by atoms with E-state index in [0.29, 0.717) is 5.75 Å². The average Bonchev–Trinajstić information content (AvgIpc) is 2.42. The molecule has 4 nitrogen and oxygen atoms in total. The molecule has 0 rings (SSSR count). The Kier molecular flexibility index (Phi) is 19.2. The standard InChI is InChI=1S/C16H30O4S.Mg/c1-2-3-4-5-6-7-8-9-10-11-12-21-14(16(19)20)13-15(17)18;/h14H,2-13H2,1H3,(H,17,18)(H,19,20);/q;+2/p-2. The van der Waals surface area contributed by atoms with Crippen LogP contribution < -0.4 is 10.2 Å². The summed E-state index contributed by atoms with van der Waals surface area (Å²) in [5.74, 6) is -1.97. The second-order valence-corrected chi connectivity index (χ2v) is 6.75. The third kappa shape index (κ3) is 16.4. The van der Waals surface area contributed by atoms with Gasteiger partial charge in [0.2, 0.25) is 0 Å². The average molecular weight is 341 g/mol. The Labute approximate surface area is 155 Å². The third-order valence-corrected chi connectivity index (χ3v) is 4.72. The van der Waals surface area contributed by atoms with Crippen LogP contribution in [0.3, 0.4) is 0 Å². The van der Waals surface area contributed by atoms with Gasteiger partial charge < -0.3 is 19.8 Å². The normalized spacial score (nSPS) is 11.7. The van der Waals surface area contributed by atoms with Crippen LogP contribution in [-0.2, 0) is 9.59 Å². The Morgan fingerprint density at radius 2 is 1.32 bits per heavy atom. The van der Waals surface area contributed by atoms with Crippen molar-refractivity contribution < 1.29 is 19.8 Å². The van der Waals surface area contributed by atoms with Crippen molar-refractivity contribution in [2.24, 2.45) is 0 Å². The Hall–Kier alpha value is 0.0562. The summed E-state index contributed by atoms with van der Waals surface area (Å²) in [6.07, 6.45) is 11.8. The van der Waals surface area contributed by atoms with Crippen molar-refractivity contribution in [3.8, 4) is 0 Å². The first kappa shape index (κ1) is 24.3. The molecule has 0 aliphatic carbocycles. The van der Waals surface area contributed by atoms with E-state index in [1.54, 1.807) is 0 Å². The van der Waals surface area contributed by atoms with Crippen LogP contribution in [0.1, 0.15) is 77.6 Å². The molecule has 0 radical (unpaired) electrons. The number of thioether (sulfide) groups is 1. The largest absolute Gasteiger partial charge is 2.00 e. The van der Waals surface area contributed by atoms with E-state index in [4.69, 9.17) is 0 Å². The molecule has 0 aliphatic heterocycles. The molecule has 22 heavy (non-hydrogen) atoms. The van der Waals surface area contributed by atoms with Gasteiger partial charge in [-0.3, -0.25) is 0 Å². The number of carbonyl (C=O) groups is 2. The molecule has 124 valence electrons. The number of carboxylic acids is 2. The van der Waals surface area contributed by atoms with Gasteiger partial charge in [0.1, 0.15) is 0 Å². The van der Waals surface area contributed by atoms with E-state index in [1.807, 2.05) is 0 Å². The maximum absolute atomic E-state index is 10.7. The van der Waals surface area contributed by atoms with Crippen molar-refractivity contribution in [1.29, 1.82) is 0 Å². The molecule has 0 heterocycles. The summed E-state index contributed by atoms with van der Waals surface area (Å²) in [7, 11) is 0. The summed E-state index contributed by atoms with van der Waals surface area (Å²) in [6, 6.07) is 0. The summed E-state index contributed by atoms with van der Waals surface area (Å²) in [5, 5.41) is 20.1. The topological polar surface area (TPSA) is 80.3 Å². The summed E-state index contributed by atoms with van der Waals surface area (Å²) in [4.78, 5) is 21.1. The van der Waals surface area contributed by atoms with Crippen molar-refractivity contribution in [3.63, 3.8) is 0 Å². The van der Waals surface area contributed by atoms with Crippen LogP contribution in [0, 0.1) is 0 Å². The quantitative estimate of drug-likeness (QED) is 0.333.